The van der Waals surface area contributed by atoms with E-state index < -0.39 is 0 Å². The molecule has 0 unspecified atom stereocenters. The van der Waals surface area contributed by atoms with Crippen LogP contribution in [0.15, 0.2) is 12.4 Å². The molecule has 1 heterocycles. The van der Waals surface area contributed by atoms with Crippen LogP contribution in [0.3, 0.4) is 0 Å². The average molecular weight is 490 g/mol. The van der Waals surface area contributed by atoms with Crippen LogP contribution in [0.1, 0.15) is 181 Å². The van der Waals surface area contributed by atoms with E-state index in [1.165, 1.54) is 173 Å². The maximum Gasteiger partial charge on any atom is 0.256 e. The van der Waals surface area contributed by atoms with E-state index in [1.807, 2.05) is 0 Å². The van der Waals surface area contributed by atoms with Gasteiger partial charge in [-0.3, -0.25) is 0 Å². The molecule has 0 radical (unpaired) electrons. The molecule has 1 aromatic rings. The third-order valence-electron chi connectivity index (χ3n) is 7.91. The lowest BCUT2D eigenvalue weighted by molar-refractivity contribution is -0.704. The molecule has 1 aromatic heterocycles. The molecule has 0 N–H and O–H groups in total. The fourth-order valence-electron chi connectivity index (χ4n) is 5.56. The van der Waals surface area contributed by atoms with E-state index in [0.29, 0.717) is 0 Å². The lowest BCUT2D eigenvalue weighted by atomic mass is 10.1. The number of unbranched alkanes of at least 4 members (excludes halogenated alkanes) is 22. The summed E-state index contributed by atoms with van der Waals surface area (Å²) in [6.07, 6.45) is 40.2. The van der Waals surface area contributed by atoms with Crippen molar-refractivity contribution in [3.63, 3.8) is 0 Å². The average Bonchev–Trinajstić information content (AvgIpc) is 3.26. The maximum absolute atomic E-state index is 2.54. The highest BCUT2D eigenvalue weighted by Crippen LogP contribution is 2.14. The van der Waals surface area contributed by atoms with E-state index in [2.05, 4.69) is 42.3 Å². The molecule has 0 aliphatic heterocycles. The van der Waals surface area contributed by atoms with Crippen LogP contribution in [-0.2, 0) is 19.5 Å². The molecule has 35 heavy (non-hydrogen) atoms. The van der Waals surface area contributed by atoms with Crippen molar-refractivity contribution in [1.82, 2.24) is 4.57 Å². The van der Waals surface area contributed by atoms with Gasteiger partial charge in [0.25, 0.3) is 5.82 Å². The van der Waals surface area contributed by atoms with Crippen molar-refractivity contribution in [3.8, 4) is 0 Å². The van der Waals surface area contributed by atoms with E-state index in [9.17, 15) is 0 Å². The molecule has 0 atom stereocenters. The van der Waals surface area contributed by atoms with Crippen molar-refractivity contribution in [2.75, 3.05) is 0 Å². The summed E-state index contributed by atoms with van der Waals surface area (Å²) in [5.74, 6) is 1.54. The van der Waals surface area contributed by atoms with E-state index in [1.54, 1.807) is 0 Å². The van der Waals surface area contributed by atoms with Crippen molar-refractivity contribution in [1.29, 1.82) is 0 Å². The van der Waals surface area contributed by atoms with Gasteiger partial charge in [-0.15, -0.1) is 0 Å². The Morgan fingerprint density at radius 1 is 0.486 bits per heavy atom. The Kier molecular flexibility index (Phi) is 22.9. The number of rotatable bonds is 27. The van der Waals surface area contributed by atoms with Crippen molar-refractivity contribution in [2.24, 2.45) is 0 Å². The van der Waals surface area contributed by atoms with Crippen molar-refractivity contribution in [2.45, 2.75) is 194 Å². The zero-order valence-corrected chi connectivity index (χ0v) is 24.6. The molecular weight excluding hydrogens is 424 g/mol. The molecular formula is C33H65N2+. The minimum Gasteiger partial charge on any atom is -0.234 e. The Balaban J connectivity index is 2.00. The number of aromatic nitrogens is 2. The summed E-state index contributed by atoms with van der Waals surface area (Å²) in [6, 6.07) is 0. The molecule has 0 fully saturated rings. The number of hydrogen-bond donors (Lipinski definition) is 0. The van der Waals surface area contributed by atoms with Crippen molar-refractivity contribution in [3.05, 3.63) is 18.2 Å². The van der Waals surface area contributed by atoms with Gasteiger partial charge in [0, 0.05) is 6.42 Å². The predicted octanol–water partition coefficient (Wildman–Crippen LogP) is 10.7. The highest BCUT2D eigenvalue weighted by molar-refractivity contribution is 4.83. The zero-order chi connectivity index (χ0) is 25.2. The molecule has 0 aliphatic carbocycles. The van der Waals surface area contributed by atoms with Gasteiger partial charge in [-0.25, -0.2) is 9.13 Å². The maximum atomic E-state index is 2.54. The fourth-order valence-corrected chi connectivity index (χ4v) is 5.56. The van der Waals surface area contributed by atoms with Gasteiger partial charge < -0.3 is 0 Å². The lowest BCUT2D eigenvalue weighted by Crippen LogP contribution is -2.37. The normalized spacial score (nSPS) is 11.5. The smallest absolute Gasteiger partial charge is 0.234 e. The molecule has 1 rings (SSSR count). The SMILES string of the molecule is CCCCCCCCCCCCCCn1cc[n+](CCCCCCCCCCCCCC)c1CC. The first-order chi connectivity index (χ1) is 17.3. The molecule has 0 saturated heterocycles. The van der Waals surface area contributed by atoms with Crippen LogP contribution in [0.25, 0.3) is 0 Å². The molecule has 0 aromatic carbocycles. The highest BCUT2D eigenvalue weighted by Gasteiger charge is 2.14. The van der Waals surface area contributed by atoms with Crippen molar-refractivity contribution >= 4 is 0 Å². The largest absolute Gasteiger partial charge is 0.256 e. The summed E-state index contributed by atoms with van der Waals surface area (Å²) in [6.45, 7) is 9.36. The van der Waals surface area contributed by atoms with Crippen LogP contribution < -0.4 is 4.57 Å². The number of hydrogen-bond acceptors (Lipinski definition) is 0. The van der Waals surface area contributed by atoms with E-state index >= 15 is 0 Å². The van der Waals surface area contributed by atoms with Gasteiger partial charge in [0.05, 0.1) is 13.1 Å². The highest BCUT2D eigenvalue weighted by atomic mass is 15.1. The molecule has 2 heteroatoms. The van der Waals surface area contributed by atoms with Crippen LogP contribution in [0.4, 0.5) is 0 Å². The summed E-state index contributed by atoms with van der Waals surface area (Å²) >= 11 is 0. The Morgan fingerprint density at radius 2 is 0.857 bits per heavy atom. The van der Waals surface area contributed by atoms with Gasteiger partial charge in [0.2, 0.25) is 0 Å². The number of aryl methyl sites for hydroxylation is 2. The lowest BCUT2D eigenvalue weighted by Gasteiger charge is -2.05. The quantitative estimate of drug-likeness (QED) is 0.0858. The first-order valence-corrected chi connectivity index (χ1v) is 16.4. The first kappa shape index (κ1) is 32.2. The second-order valence-corrected chi connectivity index (χ2v) is 11.2. The predicted molar refractivity (Wildman–Crippen MR) is 156 cm³/mol. The Hall–Kier alpha value is -0.790. The molecule has 0 aliphatic rings. The fraction of sp³-hybridized carbons (Fsp3) is 0.909. The van der Waals surface area contributed by atoms with Gasteiger partial charge >= 0.3 is 0 Å². The van der Waals surface area contributed by atoms with Crippen LogP contribution in [0, 0.1) is 0 Å². The van der Waals surface area contributed by atoms with Gasteiger partial charge in [0.1, 0.15) is 12.4 Å². The van der Waals surface area contributed by atoms with Gasteiger partial charge in [0.15, 0.2) is 0 Å². The number of imidazole rings is 1. The third-order valence-corrected chi connectivity index (χ3v) is 7.91. The summed E-state index contributed by atoms with van der Waals surface area (Å²) < 4.78 is 5.08. The second-order valence-electron chi connectivity index (χ2n) is 11.2. The zero-order valence-electron chi connectivity index (χ0n) is 24.6. The van der Waals surface area contributed by atoms with Gasteiger partial charge in [-0.1, -0.05) is 149 Å². The van der Waals surface area contributed by atoms with E-state index in [4.69, 9.17) is 0 Å². The minimum atomic E-state index is 1.16. The summed E-state index contributed by atoms with van der Waals surface area (Å²) in [7, 11) is 0. The van der Waals surface area contributed by atoms with E-state index in [-0.39, 0.29) is 0 Å². The monoisotopic (exact) mass is 490 g/mol. The Bertz CT molecular complexity index is 502. The standard InChI is InChI=1S/C33H65N2/c1-4-7-9-11-13-15-17-19-21-23-25-27-29-34-31-32-35(33(34)6-3)30-28-26-24-22-20-18-16-14-12-10-8-5-2/h31-32H,4-30H2,1-3H3/q+1. The van der Waals surface area contributed by atoms with Crippen LogP contribution in [0.5, 0.6) is 0 Å². The molecule has 2 nitrogen and oxygen atoms in total. The minimum absolute atomic E-state index is 1.16. The van der Waals surface area contributed by atoms with Crippen LogP contribution in [0.2, 0.25) is 0 Å². The molecule has 0 spiro atoms. The van der Waals surface area contributed by atoms with Crippen molar-refractivity contribution < 1.29 is 4.57 Å². The van der Waals surface area contributed by atoms with Gasteiger partial charge in [-0.2, -0.15) is 0 Å². The van der Waals surface area contributed by atoms with E-state index in [0.717, 1.165) is 6.42 Å². The molecule has 0 saturated carbocycles. The molecule has 206 valence electrons. The summed E-state index contributed by atoms with van der Waals surface area (Å²) in [5, 5.41) is 0. The van der Waals surface area contributed by atoms with Crippen LogP contribution in [-0.4, -0.2) is 4.57 Å². The number of nitrogens with zero attached hydrogens (tertiary/aromatic N) is 2. The van der Waals surface area contributed by atoms with Crippen LogP contribution >= 0.6 is 0 Å². The molecule has 0 bridgehead atoms. The van der Waals surface area contributed by atoms with Gasteiger partial charge in [-0.05, 0) is 25.7 Å². The second kappa shape index (κ2) is 24.9. The third kappa shape index (κ3) is 18.2. The summed E-state index contributed by atoms with van der Waals surface area (Å²) in [4.78, 5) is 0. The summed E-state index contributed by atoms with van der Waals surface area (Å²) in [5.41, 5.74) is 0. The Morgan fingerprint density at radius 3 is 1.26 bits per heavy atom. The Labute approximate surface area is 221 Å². The molecule has 0 amide bonds. The first-order valence-electron chi connectivity index (χ1n) is 16.4. The topological polar surface area (TPSA) is 8.81 Å².